The number of nitrogens with zero attached hydrogens (tertiary/aromatic N) is 2. The van der Waals surface area contributed by atoms with Crippen LogP contribution < -0.4 is 14.8 Å². The Morgan fingerprint density at radius 2 is 1.77 bits per heavy atom. The second kappa shape index (κ2) is 8.79. The molecule has 2 N–H and O–H groups in total. The first kappa shape index (κ1) is 20.3. The third-order valence-electron chi connectivity index (χ3n) is 5.16. The molecule has 1 aliphatic heterocycles. The van der Waals surface area contributed by atoms with E-state index < -0.39 is 6.04 Å². The molecule has 31 heavy (non-hydrogen) atoms. The number of benzene rings is 3. The van der Waals surface area contributed by atoms with Gasteiger partial charge in [0.2, 0.25) is 0 Å². The standard InChI is InChI=1S/C24H23N3O4/c1-30-17-12-13-18(23(14-17)31-2)20-15-21(19-10-6-7-11-22(19)28)27(26-20)24(29)25-16-8-4-3-5-9-16/h3-14,21,28H,15H2,1-2H3,(H,25,29). The highest BCUT2D eigenvalue weighted by atomic mass is 16.5. The molecule has 4 rings (SSSR count). The highest BCUT2D eigenvalue weighted by Crippen LogP contribution is 2.39. The Morgan fingerprint density at radius 1 is 1.03 bits per heavy atom. The van der Waals surface area contributed by atoms with Crippen molar-refractivity contribution in [3.63, 3.8) is 0 Å². The predicted molar refractivity (Wildman–Crippen MR) is 119 cm³/mol. The molecule has 3 aromatic rings. The number of carbonyl (C=O) groups excluding carboxylic acids is 1. The lowest BCUT2D eigenvalue weighted by Crippen LogP contribution is -2.31. The highest BCUT2D eigenvalue weighted by Gasteiger charge is 2.35. The largest absolute Gasteiger partial charge is 0.508 e. The van der Waals surface area contributed by atoms with E-state index in [1.807, 2.05) is 36.4 Å². The zero-order valence-corrected chi connectivity index (χ0v) is 17.3. The molecule has 0 saturated carbocycles. The van der Waals surface area contributed by atoms with E-state index >= 15 is 0 Å². The maximum atomic E-state index is 13.1. The first-order valence-electron chi connectivity index (χ1n) is 9.83. The molecule has 1 unspecified atom stereocenters. The Kier molecular flexibility index (Phi) is 5.75. The third kappa shape index (κ3) is 4.16. The normalized spacial score (nSPS) is 15.4. The molecule has 0 radical (unpaired) electrons. The SMILES string of the molecule is COc1ccc(C2=NN(C(=O)Nc3ccccc3)C(c3ccccc3O)C2)c(OC)c1. The number of amides is 2. The summed E-state index contributed by atoms with van der Waals surface area (Å²) in [5, 5.41) is 19.3. The summed E-state index contributed by atoms with van der Waals surface area (Å²) in [5.74, 6) is 1.37. The van der Waals surface area contributed by atoms with Crippen molar-refractivity contribution in [2.45, 2.75) is 12.5 Å². The first-order chi connectivity index (χ1) is 15.1. The van der Waals surface area contributed by atoms with E-state index in [4.69, 9.17) is 9.47 Å². The second-order valence-corrected chi connectivity index (χ2v) is 7.03. The number of aromatic hydroxyl groups is 1. The molecule has 0 spiro atoms. The third-order valence-corrected chi connectivity index (χ3v) is 5.16. The van der Waals surface area contributed by atoms with Crippen molar-refractivity contribution in [3.05, 3.63) is 83.9 Å². The van der Waals surface area contributed by atoms with E-state index in [9.17, 15) is 9.90 Å². The number of phenols is 1. The Labute approximate surface area is 180 Å². The summed E-state index contributed by atoms with van der Waals surface area (Å²) in [5.41, 5.74) is 2.72. The van der Waals surface area contributed by atoms with E-state index in [1.165, 1.54) is 5.01 Å². The number of ether oxygens (including phenoxy) is 2. The summed E-state index contributed by atoms with van der Waals surface area (Å²) in [7, 11) is 3.17. The van der Waals surface area contributed by atoms with Crippen LogP contribution in [0.25, 0.3) is 0 Å². The molecule has 7 heteroatoms. The van der Waals surface area contributed by atoms with Gasteiger partial charge in [-0.1, -0.05) is 36.4 Å². The lowest BCUT2D eigenvalue weighted by atomic mass is 9.97. The van der Waals surface area contributed by atoms with Gasteiger partial charge in [0.05, 0.1) is 26.0 Å². The summed E-state index contributed by atoms with van der Waals surface area (Å²) < 4.78 is 10.8. The molecule has 0 fully saturated rings. The van der Waals surface area contributed by atoms with Gasteiger partial charge in [0.1, 0.15) is 17.2 Å². The molecule has 1 heterocycles. The van der Waals surface area contributed by atoms with Crippen molar-refractivity contribution >= 4 is 17.4 Å². The van der Waals surface area contributed by atoms with Gasteiger partial charge in [-0.05, 0) is 30.3 Å². The smallest absolute Gasteiger partial charge is 0.342 e. The molecule has 0 aliphatic carbocycles. The number of urea groups is 1. The zero-order chi connectivity index (χ0) is 21.8. The van der Waals surface area contributed by atoms with E-state index in [-0.39, 0.29) is 11.8 Å². The fraction of sp³-hybridized carbons (Fsp3) is 0.167. The van der Waals surface area contributed by atoms with Gasteiger partial charge in [-0.3, -0.25) is 0 Å². The number of hydrogen-bond donors (Lipinski definition) is 2. The zero-order valence-electron chi connectivity index (χ0n) is 17.3. The molecule has 0 aromatic heterocycles. The number of nitrogens with one attached hydrogen (secondary N) is 1. The minimum atomic E-state index is -0.466. The molecule has 3 aromatic carbocycles. The van der Waals surface area contributed by atoms with Crippen LogP contribution in [0.15, 0.2) is 77.9 Å². The number of anilines is 1. The fourth-order valence-corrected chi connectivity index (χ4v) is 3.61. The molecule has 7 nitrogen and oxygen atoms in total. The van der Waals surface area contributed by atoms with Gasteiger partial charge in [-0.2, -0.15) is 5.10 Å². The predicted octanol–water partition coefficient (Wildman–Crippen LogP) is 4.79. The maximum absolute atomic E-state index is 13.1. The van der Waals surface area contributed by atoms with Crippen LogP contribution >= 0.6 is 0 Å². The Hall–Kier alpha value is -4.00. The van der Waals surface area contributed by atoms with Crippen LogP contribution in [-0.4, -0.2) is 36.1 Å². The van der Waals surface area contributed by atoms with E-state index in [2.05, 4.69) is 10.4 Å². The van der Waals surface area contributed by atoms with Crippen molar-refractivity contribution in [1.29, 1.82) is 0 Å². The molecule has 1 atom stereocenters. The lowest BCUT2D eigenvalue weighted by Gasteiger charge is -2.23. The van der Waals surface area contributed by atoms with Crippen molar-refractivity contribution in [2.75, 3.05) is 19.5 Å². The first-order valence-corrected chi connectivity index (χ1v) is 9.83. The number of para-hydroxylation sites is 2. The van der Waals surface area contributed by atoms with Crippen LogP contribution in [-0.2, 0) is 0 Å². The van der Waals surface area contributed by atoms with E-state index in [0.717, 1.165) is 5.56 Å². The van der Waals surface area contributed by atoms with Crippen molar-refractivity contribution in [3.8, 4) is 17.2 Å². The number of methoxy groups -OCH3 is 2. The number of hydrazone groups is 1. The molecule has 0 saturated heterocycles. The van der Waals surface area contributed by atoms with Gasteiger partial charge in [0, 0.05) is 29.3 Å². The van der Waals surface area contributed by atoms with Gasteiger partial charge in [-0.15, -0.1) is 0 Å². The summed E-state index contributed by atoms with van der Waals surface area (Å²) in [4.78, 5) is 13.1. The summed E-state index contributed by atoms with van der Waals surface area (Å²) >= 11 is 0. The van der Waals surface area contributed by atoms with E-state index in [0.29, 0.717) is 34.9 Å². The molecule has 2 amide bonds. The molecule has 158 valence electrons. The summed E-state index contributed by atoms with van der Waals surface area (Å²) in [6.45, 7) is 0. The number of phenolic OH excluding ortho intramolecular Hbond substituents is 1. The number of rotatable bonds is 5. The average Bonchev–Trinajstić information content (AvgIpc) is 3.24. The van der Waals surface area contributed by atoms with Crippen LogP contribution in [0.5, 0.6) is 17.2 Å². The number of hydrogen-bond acceptors (Lipinski definition) is 5. The fourth-order valence-electron chi connectivity index (χ4n) is 3.61. The Bertz CT molecular complexity index is 1110. The van der Waals surface area contributed by atoms with Gasteiger partial charge in [0.15, 0.2) is 0 Å². The number of carbonyl (C=O) groups is 1. The Morgan fingerprint density at radius 3 is 2.48 bits per heavy atom. The maximum Gasteiger partial charge on any atom is 0.342 e. The quantitative estimate of drug-likeness (QED) is 0.625. The second-order valence-electron chi connectivity index (χ2n) is 7.03. The summed E-state index contributed by atoms with van der Waals surface area (Å²) in [6, 6.07) is 20.8. The molecule has 1 aliphatic rings. The van der Waals surface area contributed by atoms with Crippen LogP contribution in [0.4, 0.5) is 10.5 Å². The van der Waals surface area contributed by atoms with Crippen molar-refractivity contribution in [1.82, 2.24) is 5.01 Å². The minimum Gasteiger partial charge on any atom is -0.508 e. The summed E-state index contributed by atoms with van der Waals surface area (Å²) in [6.07, 6.45) is 0.419. The lowest BCUT2D eigenvalue weighted by molar-refractivity contribution is 0.199. The Balaban J connectivity index is 1.72. The van der Waals surface area contributed by atoms with Crippen LogP contribution in [0.3, 0.4) is 0 Å². The topological polar surface area (TPSA) is 83.4 Å². The van der Waals surface area contributed by atoms with Gasteiger partial charge in [0.25, 0.3) is 0 Å². The highest BCUT2D eigenvalue weighted by molar-refractivity contribution is 6.06. The van der Waals surface area contributed by atoms with Gasteiger partial charge < -0.3 is 19.9 Å². The monoisotopic (exact) mass is 417 g/mol. The van der Waals surface area contributed by atoms with Crippen LogP contribution in [0, 0.1) is 0 Å². The van der Waals surface area contributed by atoms with Gasteiger partial charge >= 0.3 is 6.03 Å². The van der Waals surface area contributed by atoms with Gasteiger partial charge in [-0.25, -0.2) is 9.80 Å². The van der Waals surface area contributed by atoms with Crippen molar-refractivity contribution in [2.24, 2.45) is 5.10 Å². The van der Waals surface area contributed by atoms with E-state index in [1.54, 1.807) is 50.6 Å². The molecular weight excluding hydrogens is 394 g/mol. The minimum absolute atomic E-state index is 0.114. The molecule has 0 bridgehead atoms. The van der Waals surface area contributed by atoms with Crippen LogP contribution in [0.1, 0.15) is 23.6 Å². The van der Waals surface area contributed by atoms with Crippen molar-refractivity contribution < 1.29 is 19.4 Å². The average molecular weight is 417 g/mol. The molecular formula is C24H23N3O4. The van der Waals surface area contributed by atoms with Crippen LogP contribution in [0.2, 0.25) is 0 Å².